The molecule has 0 aromatic rings. The summed E-state index contributed by atoms with van der Waals surface area (Å²) in [6.07, 6.45) is 20.4. The molecule has 178 valence electrons. The molecule has 0 radical (unpaired) electrons. The number of hydrogen-bond donors (Lipinski definition) is 0. The Hall–Kier alpha value is 0.456. The van der Waals surface area contributed by atoms with Crippen LogP contribution in [0.5, 0.6) is 0 Å². The monoisotopic (exact) mass is 544 g/mol. The average molecular weight is 544 g/mol. The molecule has 0 aromatic carbocycles. The second kappa shape index (κ2) is 17.9. The first-order chi connectivity index (χ1) is 14.3. The van der Waals surface area contributed by atoms with Crippen LogP contribution in [0.15, 0.2) is 20.9 Å². The van der Waals surface area contributed by atoms with E-state index in [2.05, 4.69) is 59.5 Å². The summed E-state index contributed by atoms with van der Waals surface area (Å²) in [6.45, 7) is 18.0. The van der Waals surface area contributed by atoms with Gasteiger partial charge in [0.15, 0.2) is 0 Å². The fourth-order valence-electron chi connectivity index (χ4n) is 4.74. The molecule has 3 heteroatoms. The van der Waals surface area contributed by atoms with Crippen LogP contribution in [-0.2, 0) is 4.74 Å². The zero-order chi connectivity index (χ0) is 22.9. The van der Waals surface area contributed by atoms with Crippen molar-refractivity contribution in [2.45, 2.75) is 131 Å². The summed E-state index contributed by atoms with van der Waals surface area (Å²) < 4.78 is 12.2. The van der Waals surface area contributed by atoms with Crippen molar-refractivity contribution in [3.63, 3.8) is 0 Å². The van der Waals surface area contributed by atoms with Crippen molar-refractivity contribution in [1.29, 1.82) is 0 Å². The van der Waals surface area contributed by atoms with Gasteiger partial charge in [-0.25, -0.2) is 0 Å². The van der Waals surface area contributed by atoms with Gasteiger partial charge in [-0.1, -0.05) is 0 Å². The Morgan fingerprint density at radius 2 is 1.20 bits per heavy atom. The van der Waals surface area contributed by atoms with Crippen LogP contribution in [0, 0.1) is 0 Å². The van der Waals surface area contributed by atoms with E-state index in [0.717, 1.165) is 6.61 Å². The van der Waals surface area contributed by atoms with Crippen molar-refractivity contribution < 1.29 is 4.74 Å². The van der Waals surface area contributed by atoms with Crippen LogP contribution in [0.4, 0.5) is 0 Å². The van der Waals surface area contributed by atoms with E-state index in [0.29, 0.717) is 0 Å². The first kappa shape index (κ1) is 30.5. The number of unbranched alkanes of at least 4 members (excludes halogenated alkanes) is 7. The van der Waals surface area contributed by atoms with Crippen molar-refractivity contribution in [1.82, 2.24) is 0 Å². The molecule has 0 unspecified atom stereocenters. The van der Waals surface area contributed by atoms with E-state index in [4.69, 9.17) is 4.74 Å². The Labute approximate surface area is 196 Å². The SMILES string of the molecule is CCCCCC/C=C(/[C](=C/COC)[Sn]([CH2]CCC)([CH2]CCC)[CH2]CCC)[Si](C)(C)C. The Morgan fingerprint density at radius 3 is 1.60 bits per heavy atom. The molecule has 0 fully saturated rings. The van der Waals surface area contributed by atoms with E-state index in [1.54, 1.807) is 13.3 Å². The second-order valence-electron chi connectivity index (χ2n) is 10.4. The summed E-state index contributed by atoms with van der Waals surface area (Å²) in [5.74, 6) is 0. The molecule has 0 saturated carbocycles. The number of rotatable bonds is 19. The normalized spacial score (nSPS) is 13.9. The fourth-order valence-corrected chi connectivity index (χ4v) is 28.1. The van der Waals surface area contributed by atoms with Crippen LogP contribution in [-0.4, -0.2) is 40.2 Å². The van der Waals surface area contributed by atoms with Gasteiger partial charge >= 0.3 is 197 Å². The van der Waals surface area contributed by atoms with Crippen molar-refractivity contribution in [3.05, 3.63) is 20.9 Å². The van der Waals surface area contributed by atoms with Crippen LogP contribution in [0.2, 0.25) is 33.0 Å². The van der Waals surface area contributed by atoms with Crippen molar-refractivity contribution >= 4 is 26.5 Å². The van der Waals surface area contributed by atoms with E-state index in [-0.39, 0.29) is 0 Å². The average Bonchev–Trinajstić information content (AvgIpc) is 2.71. The predicted octanol–water partition coefficient (Wildman–Crippen LogP) is 9.72. The van der Waals surface area contributed by atoms with Crippen molar-refractivity contribution in [2.75, 3.05) is 13.7 Å². The van der Waals surface area contributed by atoms with Crippen LogP contribution >= 0.6 is 0 Å². The Balaban J connectivity index is 6.25. The molecule has 0 aliphatic heterocycles. The van der Waals surface area contributed by atoms with Crippen molar-refractivity contribution in [2.24, 2.45) is 0 Å². The third-order valence-electron chi connectivity index (χ3n) is 6.56. The predicted molar refractivity (Wildman–Crippen MR) is 145 cm³/mol. The third-order valence-corrected chi connectivity index (χ3v) is 25.2. The van der Waals surface area contributed by atoms with E-state index in [1.165, 1.54) is 70.6 Å². The maximum atomic E-state index is 5.65. The van der Waals surface area contributed by atoms with Crippen LogP contribution in [0.25, 0.3) is 0 Å². The van der Waals surface area contributed by atoms with Gasteiger partial charge in [0.25, 0.3) is 0 Å². The van der Waals surface area contributed by atoms with Crippen LogP contribution in [0.3, 0.4) is 0 Å². The molecule has 0 spiro atoms. The van der Waals surface area contributed by atoms with Crippen molar-refractivity contribution in [3.8, 4) is 0 Å². The summed E-state index contributed by atoms with van der Waals surface area (Å²) in [4.78, 5) is 0. The maximum absolute atomic E-state index is 5.65. The molecule has 0 saturated heterocycles. The number of allylic oxidation sites excluding steroid dienone is 3. The van der Waals surface area contributed by atoms with E-state index >= 15 is 0 Å². The second-order valence-corrected chi connectivity index (χ2v) is 28.5. The van der Waals surface area contributed by atoms with E-state index in [9.17, 15) is 0 Å². The summed E-state index contributed by atoms with van der Waals surface area (Å²) in [5.41, 5.74) is 0. The molecule has 0 heterocycles. The molecule has 0 amide bonds. The van der Waals surface area contributed by atoms with E-state index in [1.807, 2.05) is 15.9 Å². The number of hydrogen-bond acceptors (Lipinski definition) is 1. The molecule has 0 aliphatic rings. The van der Waals surface area contributed by atoms with E-state index < -0.39 is 26.5 Å². The molecular formula is C27H56OSiSn. The molecular weight excluding hydrogens is 487 g/mol. The van der Waals surface area contributed by atoms with Gasteiger partial charge in [0.1, 0.15) is 0 Å². The Bertz CT molecular complexity index is 454. The van der Waals surface area contributed by atoms with Crippen LogP contribution < -0.4 is 0 Å². The first-order valence-electron chi connectivity index (χ1n) is 13.2. The molecule has 0 N–H and O–H groups in total. The molecule has 1 nitrogen and oxygen atoms in total. The quantitative estimate of drug-likeness (QED) is 0.0895. The topological polar surface area (TPSA) is 9.23 Å². The third kappa shape index (κ3) is 11.9. The van der Waals surface area contributed by atoms with Gasteiger partial charge in [-0.3, -0.25) is 0 Å². The summed E-state index contributed by atoms with van der Waals surface area (Å²) in [6, 6.07) is 0. The Morgan fingerprint density at radius 1 is 0.700 bits per heavy atom. The molecule has 0 rings (SSSR count). The molecule has 0 bridgehead atoms. The number of methoxy groups -OCH3 is 1. The minimum atomic E-state index is -2.48. The van der Waals surface area contributed by atoms with Gasteiger partial charge < -0.3 is 0 Å². The number of ether oxygens (including phenoxy) is 1. The molecule has 0 atom stereocenters. The molecule has 30 heavy (non-hydrogen) atoms. The summed E-state index contributed by atoms with van der Waals surface area (Å²) in [5, 5.41) is 1.83. The summed E-state index contributed by atoms with van der Waals surface area (Å²) >= 11 is -2.48. The Kier molecular flexibility index (Phi) is 18.2. The zero-order valence-corrected chi connectivity index (χ0v) is 26.0. The van der Waals surface area contributed by atoms with Gasteiger partial charge in [0.2, 0.25) is 0 Å². The standard InChI is InChI=1S/C15H29OSi.3C4H9.Sn/c1-6-7-8-9-10-12-15(17(3,4)5)13-11-14-16-2;3*1-3-4-2;/h11-12H,6-10,14H2,1-5H3;3*1,3-4H2,2H3;/b13-11?,15-12-;;;;. The fraction of sp³-hybridized carbons (Fsp3) is 0.852. The van der Waals surface area contributed by atoms with Gasteiger partial charge in [0.05, 0.1) is 0 Å². The van der Waals surface area contributed by atoms with Gasteiger partial charge in [-0.2, -0.15) is 0 Å². The first-order valence-corrected chi connectivity index (χ1v) is 24.2. The molecule has 0 aliphatic carbocycles. The minimum absolute atomic E-state index is 0.802. The summed E-state index contributed by atoms with van der Waals surface area (Å²) in [7, 11) is 0.467. The molecule has 0 aromatic heterocycles. The van der Waals surface area contributed by atoms with Gasteiger partial charge in [-0.15, -0.1) is 0 Å². The van der Waals surface area contributed by atoms with Gasteiger partial charge in [0, 0.05) is 0 Å². The zero-order valence-electron chi connectivity index (χ0n) is 22.2. The van der Waals surface area contributed by atoms with Gasteiger partial charge in [-0.05, 0) is 0 Å². The van der Waals surface area contributed by atoms with Crippen LogP contribution in [0.1, 0.15) is 98.3 Å².